The Balaban J connectivity index is 1.82. The first-order chi connectivity index (χ1) is 12.0. The number of urea groups is 1. The maximum Gasteiger partial charge on any atom is 0.321 e. The van der Waals surface area contributed by atoms with Gasteiger partial charge in [-0.25, -0.2) is 4.79 Å². The maximum atomic E-state index is 11.9. The minimum absolute atomic E-state index is 0.00162. The first-order valence-electron chi connectivity index (χ1n) is 8.79. The van der Waals surface area contributed by atoms with E-state index < -0.39 is 6.03 Å². The third-order valence-electron chi connectivity index (χ3n) is 3.92. The van der Waals surface area contributed by atoms with Gasteiger partial charge >= 0.3 is 6.03 Å². The van der Waals surface area contributed by atoms with Crippen LogP contribution in [0.5, 0.6) is 5.75 Å². The fraction of sp³-hybridized carbons (Fsp3) is 0.556. The highest BCUT2D eigenvalue weighted by Gasteiger charge is 2.21. The lowest BCUT2D eigenvalue weighted by Gasteiger charge is -2.36. The van der Waals surface area contributed by atoms with Crippen LogP contribution in [0.25, 0.3) is 0 Å². The molecule has 0 atom stereocenters. The van der Waals surface area contributed by atoms with Gasteiger partial charge in [-0.1, -0.05) is 12.1 Å². The van der Waals surface area contributed by atoms with E-state index in [-0.39, 0.29) is 18.5 Å². The minimum atomic E-state index is -0.440. The van der Waals surface area contributed by atoms with E-state index in [2.05, 4.69) is 26.5 Å². The highest BCUT2D eigenvalue weighted by atomic mass is 16.5. The molecule has 1 aliphatic rings. The molecule has 0 aliphatic carbocycles. The number of hydrogen-bond donors (Lipinski definition) is 2. The monoisotopic (exact) mass is 348 g/mol. The molecule has 0 bridgehead atoms. The summed E-state index contributed by atoms with van der Waals surface area (Å²) < 4.78 is 5.69. The molecule has 138 valence electrons. The summed E-state index contributed by atoms with van der Waals surface area (Å²) in [7, 11) is 0. The van der Waals surface area contributed by atoms with Crippen LogP contribution >= 0.6 is 0 Å². The van der Waals surface area contributed by atoms with E-state index >= 15 is 0 Å². The number of ether oxygens (including phenoxy) is 1. The number of carbonyl (C=O) groups is 2. The normalized spacial score (nSPS) is 15.1. The van der Waals surface area contributed by atoms with Crippen LogP contribution in [0.4, 0.5) is 10.5 Å². The highest BCUT2D eigenvalue weighted by molar-refractivity contribution is 5.95. The lowest BCUT2D eigenvalue weighted by molar-refractivity contribution is -0.121. The quantitative estimate of drug-likeness (QED) is 0.814. The predicted octanol–water partition coefficient (Wildman–Crippen LogP) is 1.44. The Bertz CT molecular complexity index is 583. The van der Waals surface area contributed by atoms with Gasteiger partial charge in [0.15, 0.2) is 0 Å². The Morgan fingerprint density at radius 1 is 1.16 bits per heavy atom. The average Bonchev–Trinajstić information content (AvgIpc) is 2.55. The van der Waals surface area contributed by atoms with Crippen LogP contribution in [0.1, 0.15) is 20.8 Å². The Labute approximate surface area is 149 Å². The molecule has 0 unspecified atom stereocenters. The van der Waals surface area contributed by atoms with E-state index in [9.17, 15) is 9.59 Å². The number of nitrogens with one attached hydrogen (secondary N) is 2. The molecular weight excluding hydrogens is 320 g/mol. The second-order valence-corrected chi connectivity index (χ2v) is 6.34. The molecule has 1 heterocycles. The Morgan fingerprint density at radius 2 is 1.84 bits per heavy atom. The molecule has 3 amide bonds. The number of rotatable bonds is 6. The zero-order valence-electron chi connectivity index (χ0n) is 15.2. The van der Waals surface area contributed by atoms with Crippen molar-refractivity contribution in [1.82, 2.24) is 15.5 Å². The van der Waals surface area contributed by atoms with Gasteiger partial charge in [0.2, 0.25) is 5.91 Å². The summed E-state index contributed by atoms with van der Waals surface area (Å²) in [5.74, 6) is 0.614. The number of piperazine rings is 1. The molecule has 1 aromatic carbocycles. The van der Waals surface area contributed by atoms with Crippen LogP contribution in [0.3, 0.4) is 0 Å². The SMILES string of the molecule is CCOc1ccccc1N1CCN(CC(=O)NC(=O)NC(C)C)CC1. The predicted molar refractivity (Wildman–Crippen MR) is 98.1 cm³/mol. The Kier molecular flexibility index (Phi) is 7.06. The summed E-state index contributed by atoms with van der Waals surface area (Å²) in [5, 5.41) is 5.01. The number of benzene rings is 1. The van der Waals surface area contributed by atoms with Crippen molar-refractivity contribution in [2.75, 3.05) is 44.2 Å². The van der Waals surface area contributed by atoms with Gasteiger partial charge in [-0.3, -0.25) is 15.0 Å². The molecular formula is C18H28N4O3. The van der Waals surface area contributed by atoms with E-state index in [0.29, 0.717) is 6.61 Å². The number of imide groups is 1. The van der Waals surface area contributed by atoms with Crippen LogP contribution in [0, 0.1) is 0 Å². The lowest BCUT2D eigenvalue weighted by atomic mass is 10.2. The third kappa shape index (κ3) is 5.94. The van der Waals surface area contributed by atoms with E-state index in [1.807, 2.05) is 39.0 Å². The van der Waals surface area contributed by atoms with E-state index in [1.165, 1.54) is 0 Å². The zero-order chi connectivity index (χ0) is 18.2. The third-order valence-corrected chi connectivity index (χ3v) is 3.92. The fourth-order valence-corrected chi connectivity index (χ4v) is 2.81. The Hall–Kier alpha value is -2.28. The van der Waals surface area contributed by atoms with Crippen molar-refractivity contribution in [1.29, 1.82) is 0 Å². The molecule has 7 heteroatoms. The van der Waals surface area contributed by atoms with Gasteiger partial charge < -0.3 is 15.0 Å². The van der Waals surface area contributed by atoms with Gasteiger partial charge in [-0.2, -0.15) is 0 Å². The summed E-state index contributed by atoms with van der Waals surface area (Å²) >= 11 is 0. The zero-order valence-corrected chi connectivity index (χ0v) is 15.2. The number of para-hydroxylation sites is 2. The van der Waals surface area contributed by atoms with Crippen molar-refractivity contribution in [2.24, 2.45) is 0 Å². The fourth-order valence-electron chi connectivity index (χ4n) is 2.81. The molecule has 1 fully saturated rings. The number of hydrogen-bond acceptors (Lipinski definition) is 5. The van der Waals surface area contributed by atoms with Crippen LogP contribution < -0.4 is 20.3 Å². The molecule has 0 aromatic heterocycles. The summed E-state index contributed by atoms with van der Waals surface area (Å²) in [5.41, 5.74) is 1.09. The molecule has 1 aromatic rings. The van der Waals surface area contributed by atoms with Crippen molar-refractivity contribution in [2.45, 2.75) is 26.8 Å². The first kappa shape index (κ1) is 19.1. The van der Waals surface area contributed by atoms with Gasteiger partial charge in [0.05, 0.1) is 18.8 Å². The number of nitrogens with zero attached hydrogens (tertiary/aromatic N) is 2. The standard InChI is InChI=1S/C18H28N4O3/c1-4-25-16-8-6-5-7-15(16)22-11-9-21(10-12-22)13-17(23)20-18(24)19-14(2)3/h5-8,14H,4,9-13H2,1-3H3,(H2,19,20,23,24). The van der Waals surface area contributed by atoms with Crippen LogP contribution in [0.15, 0.2) is 24.3 Å². The smallest absolute Gasteiger partial charge is 0.321 e. The van der Waals surface area contributed by atoms with Crippen molar-refractivity contribution in [3.63, 3.8) is 0 Å². The second-order valence-electron chi connectivity index (χ2n) is 6.34. The molecule has 2 rings (SSSR count). The molecule has 2 N–H and O–H groups in total. The topological polar surface area (TPSA) is 73.9 Å². The van der Waals surface area contributed by atoms with Gasteiger partial charge in [0.1, 0.15) is 5.75 Å². The number of amides is 3. The summed E-state index contributed by atoms with van der Waals surface area (Å²) in [4.78, 5) is 27.8. The van der Waals surface area contributed by atoms with E-state index in [1.54, 1.807) is 0 Å². The molecule has 1 saturated heterocycles. The highest BCUT2D eigenvalue weighted by Crippen LogP contribution is 2.28. The van der Waals surface area contributed by atoms with E-state index in [4.69, 9.17) is 4.74 Å². The van der Waals surface area contributed by atoms with Gasteiger partial charge in [-0.05, 0) is 32.9 Å². The lowest BCUT2D eigenvalue weighted by Crippen LogP contribution is -2.51. The van der Waals surface area contributed by atoms with Crippen LogP contribution in [-0.4, -0.2) is 62.2 Å². The maximum absolute atomic E-state index is 11.9. The number of carbonyl (C=O) groups excluding carboxylic acids is 2. The van der Waals surface area contributed by atoms with Crippen molar-refractivity contribution >= 4 is 17.6 Å². The van der Waals surface area contributed by atoms with Crippen LogP contribution in [0.2, 0.25) is 0 Å². The van der Waals surface area contributed by atoms with Crippen molar-refractivity contribution in [3.05, 3.63) is 24.3 Å². The summed E-state index contributed by atoms with van der Waals surface area (Å²) in [6.45, 7) is 9.70. The van der Waals surface area contributed by atoms with Crippen LogP contribution in [-0.2, 0) is 4.79 Å². The Morgan fingerprint density at radius 3 is 2.48 bits per heavy atom. The molecule has 25 heavy (non-hydrogen) atoms. The average molecular weight is 348 g/mol. The molecule has 7 nitrogen and oxygen atoms in total. The van der Waals surface area contributed by atoms with Crippen molar-refractivity contribution in [3.8, 4) is 5.75 Å². The molecule has 0 radical (unpaired) electrons. The van der Waals surface area contributed by atoms with Gasteiger partial charge in [0.25, 0.3) is 0 Å². The molecule has 1 aliphatic heterocycles. The summed E-state index contributed by atoms with van der Waals surface area (Å²) in [6.07, 6.45) is 0. The first-order valence-corrected chi connectivity index (χ1v) is 8.79. The van der Waals surface area contributed by atoms with Gasteiger partial charge in [-0.15, -0.1) is 0 Å². The minimum Gasteiger partial charge on any atom is -0.492 e. The van der Waals surface area contributed by atoms with Crippen molar-refractivity contribution < 1.29 is 14.3 Å². The largest absolute Gasteiger partial charge is 0.492 e. The van der Waals surface area contributed by atoms with E-state index in [0.717, 1.165) is 37.6 Å². The second kappa shape index (κ2) is 9.27. The van der Waals surface area contributed by atoms with Gasteiger partial charge in [0, 0.05) is 32.2 Å². The molecule has 0 spiro atoms. The number of anilines is 1. The summed E-state index contributed by atoms with van der Waals surface area (Å²) in [6, 6.07) is 7.57. The molecule has 0 saturated carbocycles.